The van der Waals surface area contributed by atoms with Gasteiger partial charge in [-0.3, -0.25) is 4.79 Å². The molecule has 2 atom stereocenters. The fourth-order valence-corrected chi connectivity index (χ4v) is 3.07. The molecular formula is C13H15BrINO3. The number of nitrogens with zero attached hydrogens (tertiary/aromatic N) is 1. The van der Waals surface area contributed by atoms with Crippen LogP contribution in [0.2, 0.25) is 0 Å². The van der Waals surface area contributed by atoms with Gasteiger partial charge in [0.2, 0.25) is 0 Å². The van der Waals surface area contributed by atoms with Gasteiger partial charge in [-0.15, -0.1) is 0 Å². The number of halogens is 2. The fourth-order valence-electron chi connectivity index (χ4n) is 2.14. The first-order valence-electron chi connectivity index (χ1n) is 6.02. The SMILES string of the molecule is CC1CN(C(=O)c2cc(Br)ccc2I)CC(CO)O1. The van der Waals surface area contributed by atoms with E-state index in [0.717, 1.165) is 8.04 Å². The highest BCUT2D eigenvalue weighted by atomic mass is 127. The summed E-state index contributed by atoms with van der Waals surface area (Å²) in [5.74, 6) is -0.0145. The maximum Gasteiger partial charge on any atom is 0.255 e. The zero-order valence-corrected chi connectivity index (χ0v) is 14.2. The summed E-state index contributed by atoms with van der Waals surface area (Å²) in [6, 6.07) is 5.65. The Morgan fingerprint density at radius 2 is 2.32 bits per heavy atom. The van der Waals surface area contributed by atoms with E-state index in [0.29, 0.717) is 18.7 Å². The molecule has 0 radical (unpaired) electrons. The Labute approximate surface area is 134 Å². The first-order valence-corrected chi connectivity index (χ1v) is 7.89. The number of amides is 1. The van der Waals surface area contributed by atoms with Crippen LogP contribution >= 0.6 is 38.5 Å². The fraction of sp³-hybridized carbons (Fsp3) is 0.462. The van der Waals surface area contributed by atoms with Gasteiger partial charge in [-0.05, 0) is 47.7 Å². The lowest BCUT2D eigenvalue weighted by atomic mass is 10.1. The highest BCUT2D eigenvalue weighted by molar-refractivity contribution is 14.1. The van der Waals surface area contributed by atoms with E-state index in [1.54, 1.807) is 4.90 Å². The van der Waals surface area contributed by atoms with Crippen LogP contribution in [0.3, 0.4) is 0 Å². The summed E-state index contributed by atoms with van der Waals surface area (Å²) in [5, 5.41) is 9.21. The van der Waals surface area contributed by atoms with Crippen LogP contribution in [0, 0.1) is 3.57 Å². The van der Waals surface area contributed by atoms with E-state index in [-0.39, 0.29) is 24.7 Å². The third-order valence-corrected chi connectivity index (χ3v) is 4.41. The van der Waals surface area contributed by atoms with E-state index >= 15 is 0 Å². The molecule has 6 heteroatoms. The van der Waals surface area contributed by atoms with Gasteiger partial charge >= 0.3 is 0 Å². The number of hydrogen-bond donors (Lipinski definition) is 1. The third kappa shape index (κ3) is 3.68. The van der Waals surface area contributed by atoms with Crippen molar-refractivity contribution in [2.75, 3.05) is 19.7 Å². The van der Waals surface area contributed by atoms with Gasteiger partial charge in [-0.1, -0.05) is 15.9 Å². The molecule has 19 heavy (non-hydrogen) atoms. The minimum absolute atomic E-state index is 0.0145. The van der Waals surface area contributed by atoms with Crippen LogP contribution in [0.15, 0.2) is 22.7 Å². The van der Waals surface area contributed by atoms with E-state index < -0.39 is 0 Å². The zero-order chi connectivity index (χ0) is 14.0. The molecule has 2 unspecified atom stereocenters. The molecule has 1 aliphatic rings. The molecule has 4 nitrogen and oxygen atoms in total. The van der Waals surface area contributed by atoms with Gasteiger partial charge in [-0.25, -0.2) is 0 Å². The predicted molar refractivity (Wildman–Crippen MR) is 84.2 cm³/mol. The Morgan fingerprint density at radius 3 is 3.00 bits per heavy atom. The lowest BCUT2D eigenvalue weighted by molar-refractivity contribution is -0.0858. The van der Waals surface area contributed by atoms with Crippen LogP contribution in [0.25, 0.3) is 0 Å². The number of ether oxygens (including phenoxy) is 1. The molecule has 1 aliphatic heterocycles. The highest BCUT2D eigenvalue weighted by Gasteiger charge is 2.29. The van der Waals surface area contributed by atoms with Crippen molar-refractivity contribution in [1.29, 1.82) is 0 Å². The van der Waals surface area contributed by atoms with Gasteiger partial charge < -0.3 is 14.7 Å². The van der Waals surface area contributed by atoms with Gasteiger partial charge in [0.25, 0.3) is 5.91 Å². The summed E-state index contributed by atoms with van der Waals surface area (Å²) in [5.41, 5.74) is 0.681. The van der Waals surface area contributed by atoms with Crippen LogP contribution in [0.1, 0.15) is 17.3 Å². The van der Waals surface area contributed by atoms with Crippen molar-refractivity contribution in [2.45, 2.75) is 19.1 Å². The first kappa shape index (κ1) is 15.2. The Kier molecular flexibility index (Phi) is 5.22. The summed E-state index contributed by atoms with van der Waals surface area (Å²) in [6.45, 7) is 2.83. The average Bonchev–Trinajstić information content (AvgIpc) is 2.40. The normalized spacial score (nSPS) is 23.5. The molecule has 0 spiro atoms. The third-order valence-electron chi connectivity index (χ3n) is 2.98. The number of morpholine rings is 1. The van der Waals surface area contributed by atoms with Gasteiger partial charge in [0, 0.05) is 21.1 Å². The molecule has 1 heterocycles. The Hall–Kier alpha value is -0.180. The van der Waals surface area contributed by atoms with Crippen LogP contribution in [0.5, 0.6) is 0 Å². The Bertz CT molecular complexity index is 483. The number of carbonyl (C=O) groups excluding carboxylic acids is 1. The molecule has 0 aromatic heterocycles. The second kappa shape index (κ2) is 6.51. The number of aliphatic hydroxyl groups excluding tert-OH is 1. The number of benzene rings is 1. The number of carbonyl (C=O) groups is 1. The first-order chi connectivity index (χ1) is 9.01. The lowest BCUT2D eigenvalue weighted by Crippen LogP contribution is -2.50. The molecule has 1 aromatic carbocycles. The monoisotopic (exact) mass is 439 g/mol. The second-order valence-corrected chi connectivity index (χ2v) is 6.66. The summed E-state index contributed by atoms with van der Waals surface area (Å²) < 4.78 is 7.36. The average molecular weight is 440 g/mol. The van der Waals surface area contributed by atoms with Crippen LogP contribution in [-0.2, 0) is 4.74 Å². The van der Waals surface area contributed by atoms with Crippen molar-refractivity contribution < 1.29 is 14.6 Å². The van der Waals surface area contributed by atoms with E-state index in [4.69, 9.17) is 4.74 Å². The number of aliphatic hydroxyl groups is 1. The van der Waals surface area contributed by atoms with E-state index in [1.165, 1.54) is 0 Å². The lowest BCUT2D eigenvalue weighted by Gasteiger charge is -2.36. The molecule has 1 N–H and O–H groups in total. The highest BCUT2D eigenvalue weighted by Crippen LogP contribution is 2.22. The molecule has 1 fully saturated rings. The van der Waals surface area contributed by atoms with Gasteiger partial charge in [0.05, 0.1) is 24.4 Å². The molecule has 104 valence electrons. The summed E-state index contributed by atoms with van der Waals surface area (Å²) >= 11 is 5.55. The molecule has 0 bridgehead atoms. The van der Waals surface area contributed by atoms with Crippen molar-refractivity contribution in [2.24, 2.45) is 0 Å². The Morgan fingerprint density at radius 1 is 1.58 bits per heavy atom. The minimum atomic E-state index is -0.294. The second-order valence-electron chi connectivity index (χ2n) is 4.59. The minimum Gasteiger partial charge on any atom is -0.394 e. The van der Waals surface area contributed by atoms with Crippen molar-refractivity contribution in [3.63, 3.8) is 0 Å². The maximum absolute atomic E-state index is 12.5. The quantitative estimate of drug-likeness (QED) is 0.719. The standard InChI is InChI=1S/C13H15BrINO3/c1-8-5-16(6-10(7-17)19-8)13(18)11-4-9(14)2-3-12(11)15/h2-4,8,10,17H,5-7H2,1H3. The summed E-state index contributed by atoms with van der Waals surface area (Å²) in [4.78, 5) is 14.3. The zero-order valence-electron chi connectivity index (χ0n) is 10.5. The van der Waals surface area contributed by atoms with Crippen molar-refractivity contribution in [3.05, 3.63) is 31.8 Å². The largest absolute Gasteiger partial charge is 0.394 e. The van der Waals surface area contributed by atoms with Crippen molar-refractivity contribution >= 4 is 44.4 Å². The van der Waals surface area contributed by atoms with Crippen molar-refractivity contribution in [1.82, 2.24) is 4.90 Å². The van der Waals surface area contributed by atoms with Crippen LogP contribution in [-0.4, -0.2) is 47.8 Å². The molecule has 2 rings (SSSR count). The van der Waals surface area contributed by atoms with Crippen LogP contribution in [0.4, 0.5) is 0 Å². The molecule has 0 saturated carbocycles. The molecule has 0 aliphatic carbocycles. The summed E-state index contributed by atoms with van der Waals surface area (Å²) in [7, 11) is 0. The molecule has 1 aromatic rings. The van der Waals surface area contributed by atoms with Gasteiger partial charge in [-0.2, -0.15) is 0 Å². The predicted octanol–water partition coefficient (Wildman–Crippen LogP) is 2.28. The van der Waals surface area contributed by atoms with E-state index in [9.17, 15) is 9.90 Å². The maximum atomic E-state index is 12.5. The van der Waals surface area contributed by atoms with Gasteiger partial charge in [0.15, 0.2) is 0 Å². The van der Waals surface area contributed by atoms with Gasteiger partial charge in [0.1, 0.15) is 0 Å². The number of hydrogen-bond acceptors (Lipinski definition) is 3. The Balaban J connectivity index is 2.21. The summed E-state index contributed by atoms with van der Waals surface area (Å²) in [6.07, 6.45) is -0.350. The van der Waals surface area contributed by atoms with Crippen molar-refractivity contribution in [3.8, 4) is 0 Å². The van der Waals surface area contributed by atoms with Crippen LogP contribution < -0.4 is 0 Å². The number of rotatable bonds is 2. The van der Waals surface area contributed by atoms with E-state index in [1.807, 2.05) is 25.1 Å². The smallest absolute Gasteiger partial charge is 0.255 e. The molecular weight excluding hydrogens is 425 g/mol. The molecule has 1 amide bonds. The topological polar surface area (TPSA) is 49.8 Å². The van der Waals surface area contributed by atoms with E-state index in [2.05, 4.69) is 38.5 Å². The molecule has 1 saturated heterocycles.